The monoisotopic (exact) mass is 368 g/mol. The second-order valence-electron chi connectivity index (χ2n) is 7.36. The smallest absolute Gasteiger partial charge is 0.262 e. The van der Waals surface area contributed by atoms with Crippen LogP contribution in [-0.4, -0.2) is 16.6 Å². The van der Waals surface area contributed by atoms with Crippen molar-refractivity contribution in [1.82, 2.24) is 9.97 Å². The van der Waals surface area contributed by atoms with Gasteiger partial charge in [0.05, 0.1) is 6.61 Å². The van der Waals surface area contributed by atoms with Gasteiger partial charge in [0.25, 0.3) is 11.1 Å². The molecule has 1 aromatic carbocycles. The lowest BCUT2D eigenvalue weighted by Gasteiger charge is -2.21. The summed E-state index contributed by atoms with van der Waals surface area (Å²) < 4.78 is 5.81. The van der Waals surface area contributed by atoms with Crippen LogP contribution >= 0.6 is 0 Å². The van der Waals surface area contributed by atoms with E-state index in [1.807, 2.05) is 24.3 Å². The lowest BCUT2D eigenvalue weighted by Crippen LogP contribution is -2.47. The van der Waals surface area contributed by atoms with Gasteiger partial charge < -0.3 is 14.7 Å². The highest BCUT2D eigenvalue weighted by molar-refractivity contribution is 5.50. The zero-order chi connectivity index (χ0) is 19.1. The third kappa shape index (κ3) is 5.71. The van der Waals surface area contributed by atoms with E-state index in [1.54, 1.807) is 6.08 Å². The zero-order valence-electron chi connectivity index (χ0n) is 15.8. The van der Waals surface area contributed by atoms with Gasteiger partial charge in [-0.3, -0.25) is 9.59 Å². The molecule has 0 unspecified atom stereocenters. The highest BCUT2D eigenvalue weighted by Crippen LogP contribution is 2.27. The number of rotatable bonds is 7. The van der Waals surface area contributed by atoms with Crippen molar-refractivity contribution in [2.75, 3.05) is 6.61 Å². The Balaban J connectivity index is 1.50. The predicted molar refractivity (Wildman–Crippen MR) is 108 cm³/mol. The van der Waals surface area contributed by atoms with Crippen molar-refractivity contribution in [2.24, 2.45) is 5.92 Å². The molecule has 0 bridgehead atoms. The molecule has 3 rings (SSSR count). The van der Waals surface area contributed by atoms with Crippen LogP contribution in [0, 0.1) is 5.92 Å². The van der Waals surface area contributed by atoms with Crippen LogP contribution in [0.15, 0.2) is 33.9 Å². The number of nitrogens with one attached hydrogen (secondary N) is 2. The molecule has 1 aliphatic carbocycles. The number of benzene rings is 1. The van der Waals surface area contributed by atoms with E-state index in [-0.39, 0.29) is 10.7 Å². The van der Waals surface area contributed by atoms with E-state index in [1.165, 1.54) is 44.9 Å². The van der Waals surface area contributed by atoms with Crippen molar-refractivity contribution < 1.29 is 4.74 Å². The first-order valence-corrected chi connectivity index (χ1v) is 9.88. The molecule has 1 aliphatic rings. The van der Waals surface area contributed by atoms with Crippen LogP contribution in [0.1, 0.15) is 56.9 Å². The van der Waals surface area contributed by atoms with Crippen LogP contribution in [0.2, 0.25) is 0 Å². The fourth-order valence-electron chi connectivity index (χ4n) is 3.70. The number of unbranched alkanes of at least 4 members (excludes halogenated alkanes) is 1. The van der Waals surface area contributed by atoms with Crippen molar-refractivity contribution in [2.45, 2.75) is 51.4 Å². The summed E-state index contributed by atoms with van der Waals surface area (Å²) in [6, 6.07) is 7.42. The molecule has 0 aliphatic heterocycles. The molecule has 2 aromatic rings. The lowest BCUT2D eigenvalue weighted by atomic mass is 9.86. The maximum Gasteiger partial charge on any atom is 0.262 e. The molecule has 0 spiro atoms. The number of hydrogen-bond acceptors (Lipinski definition) is 3. The standard InChI is InChI=1S/C22H28N2O3/c1-16-23-21(25)20(22(26)24-16)15-18-10-12-19(13-11-18)27-14-6-5-9-17-7-3-2-4-8-17/h10-13,15,17H,1-9,14H2,(H,23,25)(H,24,26). The second-order valence-corrected chi connectivity index (χ2v) is 7.36. The van der Waals surface area contributed by atoms with Crippen molar-refractivity contribution in [3.63, 3.8) is 0 Å². The fourth-order valence-corrected chi connectivity index (χ4v) is 3.70. The molecule has 144 valence electrons. The summed E-state index contributed by atoms with van der Waals surface area (Å²) in [5.74, 6) is 1.73. The predicted octanol–water partition coefficient (Wildman–Crippen LogP) is 2.43. The van der Waals surface area contributed by atoms with Gasteiger partial charge in [0, 0.05) is 0 Å². The largest absolute Gasteiger partial charge is 0.494 e. The van der Waals surface area contributed by atoms with Crippen LogP contribution in [0.5, 0.6) is 5.75 Å². The van der Waals surface area contributed by atoms with Crippen molar-refractivity contribution in [3.05, 3.63) is 61.2 Å². The molecule has 2 N–H and O–H groups in total. The van der Waals surface area contributed by atoms with Crippen molar-refractivity contribution in [1.29, 1.82) is 0 Å². The molecular formula is C22H28N2O3. The summed E-state index contributed by atoms with van der Waals surface area (Å²) in [5.41, 5.74) is 0.0888. The van der Waals surface area contributed by atoms with Gasteiger partial charge in [-0.25, -0.2) is 0 Å². The van der Waals surface area contributed by atoms with E-state index in [9.17, 15) is 9.59 Å². The van der Waals surface area contributed by atoms with Gasteiger partial charge in [-0.05, 0) is 42.5 Å². The Bertz CT molecular complexity index is 914. The number of hydrogen-bond donors (Lipinski definition) is 2. The Morgan fingerprint density at radius 2 is 1.67 bits per heavy atom. The van der Waals surface area contributed by atoms with Crippen LogP contribution in [0.4, 0.5) is 0 Å². The average molecular weight is 368 g/mol. The first-order chi connectivity index (χ1) is 13.1. The van der Waals surface area contributed by atoms with Gasteiger partial charge in [0.2, 0.25) is 0 Å². The molecule has 1 fully saturated rings. The summed E-state index contributed by atoms with van der Waals surface area (Å²) >= 11 is 0. The fraction of sp³-hybridized carbons (Fsp3) is 0.455. The van der Waals surface area contributed by atoms with E-state index in [4.69, 9.17) is 4.74 Å². The molecule has 1 aromatic heterocycles. The molecule has 0 saturated heterocycles. The zero-order valence-corrected chi connectivity index (χ0v) is 15.8. The summed E-state index contributed by atoms with van der Waals surface area (Å²) in [6.45, 7) is 4.25. The molecular weight excluding hydrogens is 340 g/mol. The summed E-state index contributed by atoms with van der Waals surface area (Å²) in [6.07, 6.45) is 12.2. The second kappa shape index (κ2) is 9.40. The van der Waals surface area contributed by atoms with E-state index in [0.717, 1.165) is 30.3 Å². The Labute approximate surface area is 158 Å². The van der Waals surface area contributed by atoms with Gasteiger partial charge in [0.15, 0.2) is 0 Å². The van der Waals surface area contributed by atoms with Gasteiger partial charge >= 0.3 is 0 Å². The van der Waals surface area contributed by atoms with Gasteiger partial charge in [-0.1, -0.05) is 57.2 Å². The number of H-pyrrole nitrogens is 2. The maximum absolute atomic E-state index is 11.9. The molecule has 1 saturated carbocycles. The quantitative estimate of drug-likeness (QED) is 0.737. The molecule has 0 atom stereocenters. The Morgan fingerprint density at radius 3 is 2.33 bits per heavy atom. The maximum atomic E-state index is 11.9. The SMILES string of the molecule is C=c1[nH]c(=O)c(=Cc2ccc(OCCCCC3CCCCC3)cc2)c(=O)[nH]1. The summed E-state index contributed by atoms with van der Waals surface area (Å²) in [4.78, 5) is 28.7. The topological polar surface area (TPSA) is 75.0 Å². The Hall–Kier alpha value is -2.56. The van der Waals surface area contributed by atoms with Gasteiger partial charge in [-0.2, -0.15) is 0 Å². The summed E-state index contributed by atoms with van der Waals surface area (Å²) in [5, 5.41) is 0.0683. The first kappa shape index (κ1) is 19.2. The van der Waals surface area contributed by atoms with Crippen LogP contribution in [0.3, 0.4) is 0 Å². The van der Waals surface area contributed by atoms with E-state index in [2.05, 4.69) is 16.5 Å². The normalized spacial score (nSPS) is 14.8. The molecule has 0 amide bonds. The third-order valence-corrected chi connectivity index (χ3v) is 5.21. The minimum absolute atomic E-state index is 0.0683. The number of aromatic nitrogens is 2. The first-order valence-electron chi connectivity index (χ1n) is 9.88. The molecule has 27 heavy (non-hydrogen) atoms. The van der Waals surface area contributed by atoms with E-state index < -0.39 is 11.1 Å². The third-order valence-electron chi connectivity index (χ3n) is 5.21. The summed E-state index contributed by atoms with van der Waals surface area (Å²) in [7, 11) is 0. The van der Waals surface area contributed by atoms with Gasteiger partial charge in [0.1, 0.15) is 16.4 Å². The highest BCUT2D eigenvalue weighted by Gasteiger charge is 2.12. The van der Waals surface area contributed by atoms with Crippen LogP contribution in [-0.2, 0) is 0 Å². The van der Waals surface area contributed by atoms with Crippen LogP contribution in [0.25, 0.3) is 12.7 Å². The number of ether oxygens (including phenoxy) is 1. The minimum atomic E-state index is -0.443. The molecule has 0 radical (unpaired) electrons. The van der Waals surface area contributed by atoms with E-state index >= 15 is 0 Å². The molecule has 5 heteroatoms. The minimum Gasteiger partial charge on any atom is -0.494 e. The average Bonchev–Trinajstić information content (AvgIpc) is 2.66. The highest BCUT2D eigenvalue weighted by atomic mass is 16.5. The lowest BCUT2D eigenvalue weighted by molar-refractivity contribution is 0.283. The Morgan fingerprint density at radius 1 is 1.00 bits per heavy atom. The van der Waals surface area contributed by atoms with Gasteiger partial charge in [-0.15, -0.1) is 0 Å². The van der Waals surface area contributed by atoms with Crippen molar-refractivity contribution >= 4 is 12.7 Å². The Kier molecular flexibility index (Phi) is 6.69. The van der Waals surface area contributed by atoms with E-state index in [0.29, 0.717) is 0 Å². The molecule has 1 heterocycles. The van der Waals surface area contributed by atoms with Crippen molar-refractivity contribution in [3.8, 4) is 5.75 Å². The number of aromatic amines is 2. The molecule has 5 nitrogen and oxygen atoms in total. The van der Waals surface area contributed by atoms with Crippen LogP contribution < -0.4 is 26.6 Å².